The monoisotopic (exact) mass is 486 g/mol. The summed E-state index contributed by atoms with van der Waals surface area (Å²) in [6.07, 6.45) is 7.25. The number of rotatable bonds is 3. The molecule has 34 heavy (non-hydrogen) atoms. The SMILES string of the molecule is CC(=O)N1c2ccc(-c3cnn(C4CCS(=O)(=O)CC4)c3)cc2N(C(=O)OC2CCC2)CC1C. The number of benzene rings is 1. The van der Waals surface area contributed by atoms with Crippen LogP contribution in [0.1, 0.15) is 52.0 Å². The predicted octanol–water partition coefficient (Wildman–Crippen LogP) is 3.55. The lowest BCUT2D eigenvalue weighted by Crippen LogP contribution is -2.52. The molecule has 2 aliphatic heterocycles. The van der Waals surface area contributed by atoms with E-state index in [-0.39, 0.29) is 41.7 Å². The van der Waals surface area contributed by atoms with E-state index < -0.39 is 9.84 Å². The van der Waals surface area contributed by atoms with Crippen molar-refractivity contribution < 1.29 is 22.7 Å². The number of anilines is 2. The van der Waals surface area contributed by atoms with E-state index in [0.29, 0.717) is 30.8 Å². The highest BCUT2D eigenvalue weighted by molar-refractivity contribution is 7.91. The van der Waals surface area contributed by atoms with E-state index in [9.17, 15) is 18.0 Å². The molecule has 2 amide bonds. The predicted molar refractivity (Wildman–Crippen MR) is 129 cm³/mol. The van der Waals surface area contributed by atoms with Crippen LogP contribution in [0.15, 0.2) is 30.6 Å². The van der Waals surface area contributed by atoms with Crippen LogP contribution in [-0.2, 0) is 19.4 Å². The third-order valence-corrected chi connectivity index (χ3v) is 8.84. The molecule has 2 aromatic rings. The quantitative estimate of drug-likeness (QED) is 0.658. The van der Waals surface area contributed by atoms with Crippen LogP contribution in [0.2, 0.25) is 0 Å². The Morgan fingerprint density at radius 3 is 2.44 bits per heavy atom. The molecule has 1 aromatic carbocycles. The fourth-order valence-corrected chi connectivity index (χ4v) is 6.45. The number of hydrogen-bond donors (Lipinski definition) is 0. The van der Waals surface area contributed by atoms with Crippen molar-refractivity contribution in [2.45, 2.75) is 64.1 Å². The van der Waals surface area contributed by atoms with Crippen LogP contribution >= 0.6 is 0 Å². The molecule has 10 heteroatoms. The van der Waals surface area contributed by atoms with Crippen LogP contribution in [0.5, 0.6) is 0 Å². The van der Waals surface area contributed by atoms with Crippen LogP contribution in [-0.4, -0.2) is 60.4 Å². The zero-order valence-electron chi connectivity index (χ0n) is 19.5. The molecule has 0 N–H and O–H groups in total. The standard InChI is InChI=1S/C24H30N4O5S/c1-16-14-26(24(30)33-21-4-3-5-21)23-12-18(6-7-22(23)28(16)17(2)29)19-13-25-27(15-19)20-8-10-34(31,32)11-9-20/h6-7,12-13,15-16,20-21H,3-5,8-11,14H2,1-2H3. The molecule has 0 spiro atoms. The summed E-state index contributed by atoms with van der Waals surface area (Å²) in [5, 5.41) is 4.50. The Kier molecular flexibility index (Phi) is 5.87. The van der Waals surface area contributed by atoms with Gasteiger partial charge in [0.1, 0.15) is 15.9 Å². The maximum absolute atomic E-state index is 13.0. The molecule has 3 aliphatic rings. The van der Waals surface area contributed by atoms with Crippen molar-refractivity contribution in [2.24, 2.45) is 0 Å². The van der Waals surface area contributed by atoms with Gasteiger partial charge in [0.2, 0.25) is 5.91 Å². The van der Waals surface area contributed by atoms with E-state index in [2.05, 4.69) is 5.10 Å². The van der Waals surface area contributed by atoms with Gasteiger partial charge < -0.3 is 9.64 Å². The summed E-state index contributed by atoms with van der Waals surface area (Å²) in [6.45, 7) is 3.82. The van der Waals surface area contributed by atoms with E-state index >= 15 is 0 Å². The molecule has 1 saturated carbocycles. The Balaban J connectivity index is 1.45. The van der Waals surface area contributed by atoms with Crippen molar-refractivity contribution in [3.05, 3.63) is 30.6 Å². The summed E-state index contributed by atoms with van der Waals surface area (Å²) in [5.74, 6) is 0.291. The summed E-state index contributed by atoms with van der Waals surface area (Å²) in [4.78, 5) is 28.8. The van der Waals surface area contributed by atoms with Gasteiger partial charge in [-0.3, -0.25) is 14.4 Å². The van der Waals surface area contributed by atoms with E-state index in [1.165, 1.54) is 6.92 Å². The highest BCUT2D eigenvalue weighted by atomic mass is 32.2. The smallest absolute Gasteiger partial charge is 0.414 e. The van der Waals surface area contributed by atoms with E-state index in [1.807, 2.05) is 36.0 Å². The van der Waals surface area contributed by atoms with Crippen LogP contribution in [0.25, 0.3) is 11.1 Å². The van der Waals surface area contributed by atoms with Crippen LogP contribution in [0.4, 0.5) is 16.2 Å². The molecule has 1 saturated heterocycles. The third-order valence-electron chi connectivity index (χ3n) is 7.13. The molecule has 182 valence electrons. The normalized spacial score (nSPS) is 22.7. The largest absolute Gasteiger partial charge is 0.446 e. The van der Waals surface area contributed by atoms with E-state index in [1.54, 1.807) is 16.0 Å². The lowest BCUT2D eigenvalue weighted by Gasteiger charge is -2.41. The minimum atomic E-state index is -2.94. The molecular weight excluding hydrogens is 456 g/mol. The maximum Gasteiger partial charge on any atom is 0.414 e. The second-order valence-electron chi connectivity index (χ2n) is 9.58. The maximum atomic E-state index is 13.0. The zero-order valence-corrected chi connectivity index (χ0v) is 20.3. The van der Waals surface area contributed by atoms with Gasteiger partial charge in [0.25, 0.3) is 0 Å². The first-order chi connectivity index (χ1) is 16.2. The Bertz CT molecular complexity index is 1210. The number of hydrogen-bond acceptors (Lipinski definition) is 6. The molecule has 1 aromatic heterocycles. The van der Waals surface area contributed by atoms with Gasteiger partial charge >= 0.3 is 6.09 Å². The number of amides is 2. The second kappa shape index (κ2) is 8.72. The first-order valence-corrected chi connectivity index (χ1v) is 13.7. The number of ether oxygens (including phenoxy) is 1. The van der Waals surface area contributed by atoms with Gasteiger partial charge in [-0.2, -0.15) is 5.10 Å². The molecule has 2 fully saturated rings. The number of carbonyl (C=O) groups excluding carboxylic acids is 2. The molecule has 1 atom stereocenters. The van der Waals surface area contributed by atoms with Crippen molar-refractivity contribution in [1.82, 2.24) is 9.78 Å². The van der Waals surface area contributed by atoms with Crippen molar-refractivity contribution in [2.75, 3.05) is 27.9 Å². The fraction of sp³-hybridized carbons (Fsp3) is 0.542. The number of sulfone groups is 1. The lowest BCUT2D eigenvalue weighted by molar-refractivity contribution is -0.117. The van der Waals surface area contributed by atoms with Gasteiger partial charge in [0, 0.05) is 25.2 Å². The van der Waals surface area contributed by atoms with Crippen molar-refractivity contribution >= 4 is 33.2 Å². The average molecular weight is 487 g/mol. The van der Waals surface area contributed by atoms with Crippen molar-refractivity contribution in [3.63, 3.8) is 0 Å². The first-order valence-electron chi connectivity index (χ1n) is 11.9. The topological polar surface area (TPSA) is 102 Å². The summed E-state index contributed by atoms with van der Waals surface area (Å²) in [6, 6.07) is 5.59. The van der Waals surface area contributed by atoms with Gasteiger partial charge in [-0.1, -0.05) is 6.07 Å². The summed E-state index contributed by atoms with van der Waals surface area (Å²) >= 11 is 0. The summed E-state index contributed by atoms with van der Waals surface area (Å²) in [7, 11) is -2.94. The highest BCUT2D eigenvalue weighted by Gasteiger charge is 2.36. The summed E-state index contributed by atoms with van der Waals surface area (Å²) < 4.78 is 31.1. The summed E-state index contributed by atoms with van der Waals surface area (Å²) in [5.41, 5.74) is 3.07. The van der Waals surface area contributed by atoms with Crippen LogP contribution in [0.3, 0.4) is 0 Å². The van der Waals surface area contributed by atoms with Crippen molar-refractivity contribution in [1.29, 1.82) is 0 Å². The van der Waals surface area contributed by atoms with Crippen molar-refractivity contribution in [3.8, 4) is 11.1 Å². The van der Waals surface area contributed by atoms with Gasteiger partial charge in [0.05, 0.1) is 41.2 Å². The molecular formula is C24H30N4O5S. The zero-order chi connectivity index (χ0) is 24.0. The van der Waals surface area contributed by atoms with Gasteiger partial charge in [0.15, 0.2) is 0 Å². The molecule has 0 bridgehead atoms. The minimum Gasteiger partial charge on any atom is -0.446 e. The number of carbonyl (C=O) groups is 2. The third kappa shape index (κ3) is 4.31. The number of fused-ring (bicyclic) bond motifs is 1. The Morgan fingerprint density at radius 2 is 1.79 bits per heavy atom. The second-order valence-corrected chi connectivity index (χ2v) is 11.9. The Labute approximate surface area is 199 Å². The Morgan fingerprint density at radius 1 is 1.06 bits per heavy atom. The molecule has 5 rings (SSSR count). The Hall–Kier alpha value is -2.88. The first kappa shape index (κ1) is 22.9. The minimum absolute atomic E-state index is 0.0298. The number of nitrogens with zero attached hydrogens (tertiary/aromatic N) is 4. The fourth-order valence-electron chi connectivity index (χ4n) is 4.98. The molecule has 1 unspecified atom stereocenters. The molecule has 1 aliphatic carbocycles. The van der Waals surface area contributed by atoms with E-state index in [0.717, 1.165) is 30.4 Å². The van der Waals surface area contributed by atoms with Gasteiger partial charge in [-0.15, -0.1) is 0 Å². The molecule has 3 heterocycles. The number of aromatic nitrogens is 2. The lowest BCUT2D eigenvalue weighted by atomic mass is 9.96. The molecule has 0 radical (unpaired) electrons. The van der Waals surface area contributed by atoms with E-state index in [4.69, 9.17) is 4.74 Å². The van der Waals surface area contributed by atoms with Gasteiger partial charge in [-0.05, 0) is 56.7 Å². The van der Waals surface area contributed by atoms with Crippen LogP contribution < -0.4 is 9.80 Å². The highest BCUT2D eigenvalue weighted by Crippen LogP contribution is 2.40. The average Bonchev–Trinajstić information content (AvgIpc) is 3.25. The molecule has 9 nitrogen and oxygen atoms in total. The van der Waals surface area contributed by atoms with Gasteiger partial charge in [-0.25, -0.2) is 13.2 Å². The van der Waals surface area contributed by atoms with Crippen LogP contribution in [0, 0.1) is 0 Å².